The summed E-state index contributed by atoms with van der Waals surface area (Å²) in [6.45, 7) is 4.74. The monoisotopic (exact) mass is 273 g/mol. The van der Waals surface area contributed by atoms with Crippen molar-refractivity contribution in [2.75, 3.05) is 13.7 Å². The summed E-state index contributed by atoms with van der Waals surface area (Å²) in [6.07, 6.45) is 3.66. The van der Waals surface area contributed by atoms with E-state index < -0.39 is 0 Å². The highest BCUT2D eigenvalue weighted by Gasteiger charge is 2.20. The molecule has 1 aliphatic rings. The van der Waals surface area contributed by atoms with Gasteiger partial charge >= 0.3 is 0 Å². The van der Waals surface area contributed by atoms with Gasteiger partial charge in [-0.05, 0) is 37.8 Å². The van der Waals surface area contributed by atoms with Crippen molar-refractivity contribution in [1.29, 1.82) is 0 Å². The average molecular weight is 273 g/mol. The number of hydrogen-bond donors (Lipinski definition) is 1. The van der Waals surface area contributed by atoms with Crippen LogP contribution >= 0.6 is 0 Å². The standard InChI is InChI=1S/C16H23N3O/c1-12-15-7-4-13(11-17-14-5-6-14)10-16(15)19(18-12)8-3-9-20-2/h4,7,10,14,17H,3,5-6,8-9,11H2,1-2H3. The van der Waals surface area contributed by atoms with Gasteiger partial charge in [-0.2, -0.15) is 5.10 Å². The van der Waals surface area contributed by atoms with Crippen LogP contribution < -0.4 is 5.32 Å². The first-order valence-electron chi connectivity index (χ1n) is 7.46. The van der Waals surface area contributed by atoms with E-state index in [1.807, 2.05) is 0 Å². The summed E-state index contributed by atoms with van der Waals surface area (Å²) in [6, 6.07) is 7.44. The number of ether oxygens (including phenoxy) is 1. The number of aryl methyl sites for hydroxylation is 2. The van der Waals surface area contributed by atoms with Crippen molar-refractivity contribution in [3.05, 3.63) is 29.5 Å². The predicted octanol–water partition coefficient (Wildman–Crippen LogP) is 2.63. The van der Waals surface area contributed by atoms with Crippen LogP contribution in [-0.2, 0) is 17.8 Å². The average Bonchev–Trinajstić information content (AvgIpc) is 3.23. The molecule has 1 aromatic carbocycles. The number of fused-ring (bicyclic) bond motifs is 1. The van der Waals surface area contributed by atoms with Crippen molar-refractivity contribution in [3.8, 4) is 0 Å². The van der Waals surface area contributed by atoms with Gasteiger partial charge in [-0.15, -0.1) is 0 Å². The van der Waals surface area contributed by atoms with Crippen molar-refractivity contribution in [3.63, 3.8) is 0 Å². The molecule has 1 heterocycles. The summed E-state index contributed by atoms with van der Waals surface area (Å²) in [5, 5.41) is 9.48. The number of methoxy groups -OCH3 is 1. The molecule has 2 aromatic rings. The van der Waals surface area contributed by atoms with Crippen LogP contribution in [0.2, 0.25) is 0 Å². The highest BCUT2D eigenvalue weighted by atomic mass is 16.5. The lowest BCUT2D eigenvalue weighted by atomic mass is 10.1. The molecular weight excluding hydrogens is 250 g/mol. The second-order valence-corrected chi connectivity index (χ2v) is 5.66. The summed E-state index contributed by atoms with van der Waals surface area (Å²) in [4.78, 5) is 0. The summed E-state index contributed by atoms with van der Waals surface area (Å²) < 4.78 is 7.24. The van der Waals surface area contributed by atoms with Crippen molar-refractivity contribution in [2.45, 2.75) is 45.3 Å². The van der Waals surface area contributed by atoms with Gasteiger partial charge in [0.1, 0.15) is 0 Å². The molecule has 0 saturated heterocycles. The van der Waals surface area contributed by atoms with E-state index in [1.165, 1.54) is 29.3 Å². The Hall–Kier alpha value is -1.39. The molecular formula is C16H23N3O. The third-order valence-corrected chi connectivity index (χ3v) is 3.89. The fourth-order valence-electron chi connectivity index (χ4n) is 2.57. The SMILES string of the molecule is COCCCn1nc(C)c2ccc(CNC3CC3)cc21. The fraction of sp³-hybridized carbons (Fsp3) is 0.562. The maximum Gasteiger partial charge on any atom is 0.0688 e. The van der Waals surface area contributed by atoms with Crippen LogP contribution in [0.3, 0.4) is 0 Å². The number of nitrogens with zero attached hydrogens (tertiary/aromatic N) is 2. The first kappa shape index (κ1) is 13.6. The lowest BCUT2D eigenvalue weighted by molar-refractivity contribution is 0.189. The van der Waals surface area contributed by atoms with Crippen molar-refractivity contribution in [1.82, 2.24) is 15.1 Å². The predicted molar refractivity (Wildman–Crippen MR) is 80.8 cm³/mol. The smallest absolute Gasteiger partial charge is 0.0688 e. The first-order chi connectivity index (χ1) is 9.78. The van der Waals surface area contributed by atoms with E-state index in [1.54, 1.807) is 7.11 Å². The van der Waals surface area contributed by atoms with Gasteiger partial charge < -0.3 is 10.1 Å². The van der Waals surface area contributed by atoms with E-state index in [-0.39, 0.29) is 0 Å². The quantitative estimate of drug-likeness (QED) is 0.788. The minimum atomic E-state index is 0.749. The zero-order valence-corrected chi connectivity index (χ0v) is 12.4. The van der Waals surface area contributed by atoms with Gasteiger partial charge in [0.2, 0.25) is 0 Å². The van der Waals surface area contributed by atoms with Gasteiger partial charge in [0, 0.05) is 38.2 Å². The summed E-state index contributed by atoms with van der Waals surface area (Å²) >= 11 is 0. The van der Waals surface area contributed by atoms with E-state index in [4.69, 9.17) is 4.74 Å². The molecule has 0 unspecified atom stereocenters. The fourth-order valence-corrected chi connectivity index (χ4v) is 2.57. The topological polar surface area (TPSA) is 39.1 Å². The Bertz CT molecular complexity index is 587. The van der Waals surface area contributed by atoms with Gasteiger partial charge in [0.25, 0.3) is 0 Å². The molecule has 1 aliphatic carbocycles. The lowest BCUT2D eigenvalue weighted by Crippen LogP contribution is -2.15. The second kappa shape index (κ2) is 5.94. The number of nitrogens with one attached hydrogen (secondary N) is 1. The van der Waals surface area contributed by atoms with Crippen LogP contribution in [0.25, 0.3) is 10.9 Å². The molecule has 1 saturated carbocycles. The Morgan fingerprint density at radius 3 is 3.00 bits per heavy atom. The van der Waals surface area contributed by atoms with E-state index in [0.717, 1.165) is 37.9 Å². The highest BCUT2D eigenvalue weighted by molar-refractivity contribution is 5.82. The van der Waals surface area contributed by atoms with Crippen molar-refractivity contribution >= 4 is 10.9 Å². The molecule has 1 N–H and O–H groups in total. The summed E-state index contributed by atoms with van der Waals surface area (Å²) in [5.41, 5.74) is 3.70. The van der Waals surface area contributed by atoms with Crippen LogP contribution in [0.4, 0.5) is 0 Å². The molecule has 0 atom stereocenters. The molecule has 4 nitrogen and oxygen atoms in total. The van der Waals surface area contributed by atoms with E-state index in [0.29, 0.717) is 0 Å². The number of rotatable bonds is 7. The molecule has 3 rings (SSSR count). The third-order valence-electron chi connectivity index (χ3n) is 3.89. The zero-order chi connectivity index (χ0) is 13.9. The van der Waals surface area contributed by atoms with Gasteiger partial charge in [-0.1, -0.05) is 12.1 Å². The number of benzene rings is 1. The van der Waals surface area contributed by atoms with Crippen LogP contribution in [0.5, 0.6) is 0 Å². The van der Waals surface area contributed by atoms with Crippen LogP contribution in [0, 0.1) is 6.92 Å². The lowest BCUT2D eigenvalue weighted by Gasteiger charge is -2.06. The van der Waals surface area contributed by atoms with Crippen LogP contribution in [0.15, 0.2) is 18.2 Å². The Labute approximate surface area is 120 Å². The van der Waals surface area contributed by atoms with E-state index in [2.05, 4.69) is 40.2 Å². The minimum Gasteiger partial charge on any atom is -0.385 e. The van der Waals surface area contributed by atoms with Gasteiger partial charge in [-0.25, -0.2) is 0 Å². The van der Waals surface area contributed by atoms with Crippen LogP contribution in [0.1, 0.15) is 30.5 Å². The van der Waals surface area contributed by atoms with Gasteiger partial charge in [-0.3, -0.25) is 4.68 Å². The molecule has 0 bridgehead atoms. The van der Waals surface area contributed by atoms with Gasteiger partial charge in [0.05, 0.1) is 11.2 Å². The first-order valence-corrected chi connectivity index (χ1v) is 7.46. The molecule has 0 amide bonds. The third kappa shape index (κ3) is 3.02. The Kier molecular flexibility index (Phi) is 4.03. The zero-order valence-electron chi connectivity index (χ0n) is 12.4. The summed E-state index contributed by atoms with van der Waals surface area (Å²) in [7, 11) is 1.74. The maximum absolute atomic E-state index is 5.13. The molecule has 1 aromatic heterocycles. The maximum atomic E-state index is 5.13. The van der Waals surface area contributed by atoms with Crippen LogP contribution in [-0.4, -0.2) is 29.5 Å². The highest BCUT2D eigenvalue weighted by Crippen LogP contribution is 2.22. The minimum absolute atomic E-state index is 0.749. The second-order valence-electron chi connectivity index (χ2n) is 5.66. The molecule has 4 heteroatoms. The Balaban J connectivity index is 1.79. The molecule has 20 heavy (non-hydrogen) atoms. The molecule has 1 fully saturated rings. The molecule has 0 aliphatic heterocycles. The van der Waals surface area contributed by atoms with E-state index >= 15 is 0 Å². The van der Waals surface area contributed by atoms with Crippen molar-refractivity contribution in [2.24, 2.45) is 0 Å². The van der Waals surface area contributed by atoms with Gasteiger partial charge in [0.15, 0.2) is 0 Å². The molecule has 108 valence electrons. The Morgan fingerprint density at radius 2 is 2.25 bits per heavy atom. The number of hydrogen-bond acceptors (Lipinski definition) is 3. The van der Waals surface area contributed by atoms with Crippen molar-refractivity contribution < 1.29 is 4.74 Å². The molecule has 0 radical (unpaired) electrons. The normalized spacial score (nSPS) is 15.1. The Morgan fingerprint density at radius 1 is 1.40 bits per heavy atom. The molecule has 0 spiro atoms. The largest absolute Gasteiger partial charge is 0.385 e. The van der Waals surface area contributed by atoms with E-state index in [9.17, 15) is 0 Å². The summed E-state index contributed by atoms with van der Waals surface area (Å²) in [5.74, 6) is 0. The number of aromatic nitrogens is 2.